The molecule has 0 bridgehead atoms. The van der Waals surface area contributed by atoms with Crippen molar-refractivity contribution in [2.45, 2.75) is 5.92 Å². The predicted molar refractivity (Wildman–Crippen MR) is 60.5 cm³/mol. The number of aliphatic carboxylic acids is 1. The molecule has 84 valence electrons. The van der Waals surface area contributed by atoms with Crippen molar-refractivity contribution >= 4 is 28.5 Å². The van der Waals surface area contributed by atoms with E-state index < -0.39 is 11.9 Å². The second-order valence-electron chi connectivity index (χ2n) is 3.41. The molecular formula is C10H10ClN3O2. The van der Waals surface area contributed by atoms with Gasteiger partial charge in [-0.1, -0.05) is 23.7 Å². The number of hydrogen-bond acceptors (Lipinski definition) is 3. The van der Waals surface area contributed by atoms with E-state index in [0.29, 0.717) is 21.6 Å². The molecule has 2 aromatic rings. The van der Waals surface area contributed by atoms with Gasteiger partial charge < -0.3 is 10.8 Å². The summed E-state index contributed by atoms with van der Waals surface area (Å²) >= 11 is 5.88. The molecule has 0 radical (unpaired) electrons. The van der Waals surface area contributed by atoms with E-state index in [2.05, 4.69) is 10.2 Å². The van der Waals surface area contributed by atoms with E-state index in [1.807, 2.05) is 0 Å². The third-order valence-electron chi connectivity index (χ3n) is 2.48. The van der Waals surface area contributed by atoms with Gasteiger partial charge in [0.15, 0.2) is 0 Å². The van der Waals surface area contributed by atoms with E-state index in [4.69, 9.17) is 22.4 Å². The Morgan fingerprint density at radius 2 is 2.38 bits per heavy atom. The summed E-state index contributed by atoms with van der Waals surface area (Å²) in [7, 11) is 0. The maximum absolute atomic E-state index is 11.0. The molecule has 1 unspecified atom stereocenters. The molecule has 1 aromatic carbocycles. The first-order chi connectivity index (χ1) is 7.65. The van der Waals surface area contributed by atoms with Crippen molar-refractivity contribution in [1.82, 2.24) is 10.2 Å². The minimum absolute atomic E-state index is 0.0267. The monoisotopic (exact) mass is 239 g/mol. The Hall–Kier alpha value is -1.59. The second-order valence-corrected chi connectivity index (χ2v) is 3.79. The standard InChI is InChI=1S/C10H10ClN3O2/c11-9-6-3-1-2-5(8(6)13-14-9)7(4-12)10(15)16/h1-3,7H,4,12H2,(H,13,14)(H,15,16). The zero-order chi connectivity index (χ0) is 11.7. The van der Waals surface area contributed by atoms with Crippen molar-refractivity contribution in [3.63, 3.8) is 0 Å². The minimum atomic E-state index is -0.964. The molecule has 6 heteroatoms. The number of benzene rings is 1. The highest BCUT2D eigenvalue weighted by molar-refractivity contribution is 6.34. The average molecular weight is 240 g/mol. The molecule has 0 saturated heterocycles. The number of fused-ring (bicyclic) bond motifs is 1. The molecule has 16 heavy (non-hydrogen) atoms. The van der Waals surface area contributed by atoms with Crippen molar-refractivity contribution < 1.29 is 9.90 Å². The van der Waals surface area contributed by atoms with Crippen LogP contribution in [0.5, 0.6) is 0 Å². The summed E-state index contributed by atoms with van der Waals surface area (Å²) in [6.45, 7) is 0.0267. The lowest BCUT2D eigenvalue weighted by atomic mass is 9.97. The number of nitrogens with one attached hydrogen (secondary N) is 1. The van der Waals surface area contributed by atoms with Gasteiger partial charge in [-0.25, -0.2) is 0 Å². The maximum Gasteiger partial charge on any atom is 0.312 e. The fourth-order valence-corrected chi connectivity index (χ4v) is 1.87. The summed E-state index contributed by atoms with van der Waals surface area (Å²) < 4.78 is 0. The number of carbonyl (C=O) groups is 1. The Labute approximate surface area is 96.2 Å². The number of halogens is 1. The largest absolute Gasteiger partial charge is 0.481 e. The molecule has 4 N–H and O–H groups in total. The summed E-state index contributed by atoms with van der Waals surface area (Å²) in [5.74, 6) is -1.72. The highest BCUT2D eigenvalue weighted by Crippen LogP contribution is 2.27. The number of aromatic nitrogens is 2. The fraction of sp³-hybridized carbons (Fsp3) is 0.200. The number of nitrogens with two attached hydrogens (primary N) is 1. The SMILES string of the molecule is NCC(C(=O)O)c1cccc2c(Cl)[nH]nc12. The number of H-pyrrole nitrogens is 1. The highest BCUT2D eigenvalue weighted by Gasteiger charge is 2.21. The first-order valence-electron chi connectivity index (χ1n) is 4.70. The van der Waals surface area contributed by atoms with Crippen LogP contribution in [0.4, 0.5) is 0 Å². The van der Waals surface area contributed by atoms with Gasteiger partial charge in [-0.15, -0.1) is 0 Å². The third kappa shape index (κ3) is 1.64. The Bertz CT molecular complexity index is 538. The Morgan fingerprint density at radius 1 is 1.62 bits per heavy atom. The van der Waals surface area contributed by atoms with E-state index in [0.717, 1.165) is 0 Å². The van der Waals surface area contributed by atoms with E-state index in [1.165, 1.54) is 0 Å². The molecule has 1 aromatic heterocycles. The molecule has 0 spiro atoms. The van der Waals surface area contributed by atoms with Gasteiger partial charge >= 0.3 is 5.97 Å². The van der Waals surface area contributed by atoms with Gasteiger partial charge in [0.1, 0.15) is 5.15 Å². The molecule has 0 fully saturated rings. The zero-order valence-corrected chi connectivity index (χ0v) is 9.03. The van der Waals surface area contributed by atoms with Crippen LogP contribution in [0.1, 0.15) is 11.5 Å². The lowest BCUT2D eigenvalue weighted by molar-refractivity contribution is -0.138. The van der Waals surface area contributed by atoms with Crippen LogP contribution in [0.15, 0.2) is 18.2 Å². The van der Waals surface area contributed by atoms with Gasteiger partial charge in [0, 0.05) is 11.9 Å². The van der Waals surface area contributed by atoms with Crippen molar-refractivity contribution in [3.05, 3.63) is 28.9 Å². The van der Waals surface area contributed by atoms with Crippen LogP contribution in [-0.2, 0) is 4.79 Å². The number of rotatable bonds is 3. The van der Waals surface area contributed by atoms with Crippen molar-refractivity contribution in [3.8, 4) is 0 Å². The number of carboxylic acids is 1. The first kappa shape index (κ1) is 10.9. The molecule has 5 nitrogen and oxygen atoms in total. The molecule has 0 aliphatic heterocycles. The topological polar surface area (TPSA) is 92.0 Å². The summed E-state index contributed by atoms with van der Waals surface area (Å²) in [5.41, 5.74) is 6.59. The van der Waals surface area contributed by atoms with Crippen LogP contribution >= 0.6 is 11.6 Å². The lowest BCUT2D eigenvalue weighted by Gasteiger charge is -2.10. The maximum atomic E-state index is 11.0. The van der Waals surface area contributed by atoms with Gasteiger partial charge in [0.25, 0.3) is 0 Å². The van der Waals surface area contributed by atoms with Crippen LogP contribution in [0.3, 0.4) is 0 Å². The Kier molecular flexibility index (Phi) is 2.80. The smallest absolute Gasteiger partial charge is 0.312 e. The molecule has 1 atom stereocenters. The van der Waals surface area contributed by atoms with Crippen LogP contribution in [0.2, 0.25) is 5.15 Å². The third-order valence-corrected chi connectivity index (χ3v) is 2.77. The van der Waals surface area contributed by atoms with Crippen molar-refractivity contribution in [2.24, 2.45) is 5.73 Å². The molecule has 1 heterocycles. The zero-order valence-electron chi connectivity index (χ0n) is 8.27. The molecule has 0 aliphatic rings. The van der Waals surface area contributed by atoms with E-state index in [1.54, 1.807) is 18.2 Å². The number of carboxylic acid groups (broad SMARTS) is 1. The molecule has 0 saturated carbocycles. The van der Waals surface area contributed by atoms with Crippen LogP contribution < -0.4 is 5.73 Å². The molecule has 0 amide bonds. The van der Waals surface area contributed by atoms with E-state index in [-0.39, 0.29) is 6.54 Å². The molecule has 0 aliphatic carbocycles. The number of para-hydroxylation sites is 1. The van der Waals surface area contributed by atoms with Crippen LogP contribution in [-0.4, -0.2) is 27.8 Å². The van der Waals surface area contributed by atoms with Crippen molar-refractivity contribution in [1.29, 1.82) is 0 Å². The first-order valence-corrected chi connectivity index (χ1v) is 5.08. The highest BCUT2D eigenvalue weighted by atomic mass is 35.5. The Morgan fingerprint density at radius 3 is 3.00 bits per heavy atom. The van der Waals surface area contributed by atoms with Gasteiger partial charge in [0.2, 0.25) is 0 Å². The summed E-state index contributed by atoms with van der Waals surface area (Å²) in [4.78, 5) is 11.0. The van der Waals surface area contributed by atoms with Gasteiger partial charge in [-0.3, -0.25) is 9.89 Å². The summed E-state index contributed by atoms with van der Waals surface area (Å²) in [6.07, 6.45) is 0. The lowest BCUT2D eigenvalue weighted by Crippen LogP contribution is -2.21. The average Bonchev–Trinajstić information content (AvgIpc) is 2.62. The van der Waals surface area contributed by atoms with Gasteiger partial charge in [-0.2, -0.15) is 5.10 Å². The van der Waals surface area contributed by atoms with Crippen molar-refractivity contribution in [2.75, 3.05) is 6.54 Å². The number of nitrogens with zero attached hydrogens (tertiary/aromatic N) is 1. The summed E-state index contributed by atoms with van der Waals surface area (Å²) in [6, 6.07) is 5.22. The van der Waals surface area contributed by atoms with Gasteiger partial charge in [0.05, 0.1) is 11.4 Å². The molecule has 2 rings (SSSR count). The summed E-state index contributed by atoms with van der Waals surface area (Å²) in [5, 5.41) is 16.8. The molecular weight excluding hydrogens is 230 g/mol. The van der Waals surface area contributed by atoms with Crippen LogP contribution in [0, 0.1) is 0 Å². The fourth-order valence-electron chi connectivity index (χ4n) is 1.67. The van der Waals surface area contributed by atoms with E-state index >= 15 is 0 Å². The van der Waals surface area contributed by atoms with E-state index in [9.17, 15) is 4.79 Å². The number of aromatic amines is 1. The predicted octanol–water partition coefficient (Wildman–Crippen LogP) is 1.34. The minimum Gasteiger partial charge on any atom is -0.481 e. The van der Waals surface area contributed by atoms with Gasteiger partial charge in [-0.05, 0) is 11.6 Å². The number of hydrogen-bond donors (Lipinski definition) is 3. The normalized spacial score (nSPS) is 12.9. The quantitative estimate of drug-likeness (QED) is 0.754. The Balaban J connectivity index is 2.63. The second kappa shape index (κ2) is 4.11. The van der Waals surface area contributed by atoms with Crippen LogP contribution in [0.25, 0.3) is 10.9 Å².